The summed E-state index contributed by atoms with van der Waals surface area (Å²) in [5.41, 5.74) is 1.59. The molecule has 1 aromatic carbocycles. The first-order chi connectivity index (χ1) is 8.57. The molecular formula is C16H27NO. The number of nitrogens with one attached hydrogen (secondary N) is 1. The predicted octanol–water partition coefficient (Wildman–Crippen LogP) is 3.80. The molecule has 0 unspecified atom stereocenters. The van der Waals surface area contributed by atoms with Gasteiger partial charge in [0.25, 0.3) is 0 Å². The van der Waals surface area contributed by atoms with Gasteiger partial charge in [-0.25, -0.2) is 0 Å². The van der Waals surface area contributed by atoms with Crippen molar-refractivity contribution in [2.75, 3.05) is 13.2 Å². The van der Waals surface area contributed by atoms with E-state index in [0.29, 0.717) is 0 Å². The molecule has 0 saturated heterocycles. The summed E-state index contributed by atoms with van der Waals surface area (Å²) in [6, 6.07) is 8.44. The predicted molar refractivity (Wildman–Crippen MR) is 78.3 cm³/mol. The van der Waals surface area contributed by atoms with E-state index in [1.165, 1.54) is 12.0 Å². The van der Waals surface area contributed by atoms with Crippen molar-refractivity contribution in [2.45, 2.75) is 52.5 Å². The molecular weight excluding hydrogens is 222 g/mol. The van der Waals surface area contributed by atoms with Crippen molar-refractivity contribution in [3.8, 4) is 5.75 Å². The summed E-state index contributed by atoms with van der Waals surface area (Å²) in [5, 5.41) is 3.49. The third-order valence-corrected chi connectivity index (χ3v) is 3.32. The van der Waals surface area contributed by atoms with Crippen molar-refractivity contribution in [1.82, 2.24) is 5.32 Å². The summed E-state index contributed by atoms with van der Waals surface area (Å²) in [6.45, 7) is 10.4. The van der Waals surface area contributed by atoms with Gasteiger partial charge in [-0.15, -0.1) is 0 Å². The second-order valence-electron chi connectivity index (χ2n) is 5.41. The largest absolute Gasteiger partial charge is 0.492 e. The molecule has 0 aromatic heterocycles. The third kappa shape index (κ3) is 5.54. The highest BCUT2D eigenvalue weighted by Gasteiger charge is 2.12. The standard InChI is InChI=1S/C16H27NO/c1-5-7-14-8-10-15(11-9-14)18-13-12-17-16(3,4)6-2/h8-11,17H,5-7,12-13H2,1-4H3. The lowest BCUT2D eigenvalue weighted by Gasteiger charge is -2.24. The number of hydrogen-bond donors (Lipinski definition) is 1. The highest BCUT2D eigenvalue weighted by atomic mass is 16.5. The number of ether oxygens (including phenoxy) is 1. The Hall–Kier alpha value is -1.02. The Morgan fingerprint density at radius 1 is 1.11 bits per heavy atom. The maximum Gasteiger partial charge on any atom is 0.119 e. The number of rotatable bonds is 8. The minimum atomic E-state index is 0.203. The van der Waals surface area contributed by atoms with Gasteiger partial charge >= 0.3 is 0 Å². The zero-order valence-corrected chi connectivity index (χ0v) is 12.3. The lowest BCUT2D eigenvalue weighted by Crippen LogP contribution is -2.40. The van der Waals surface area contributed by atoms with Gasteiger partial charge < -0.3 is 10.1 Å². The Balaban J connectivity index is 2.27. The van der Waals surface area contributed by atoms with E-state index in [0.717, 1.165) is 31.7 Å². The van der Waals surface area contributed by atoms with Crippen molar-refractivity contribution >= 4 is 0 Å². The minimum absolute atomic E-state index is 0.203. The first-order valence-corrected chi connectivity index (χ1v) is 7.04. The van der Waals surface area contributed by atoms with Crippen LogP contribution in [0.2, 0.25) is 0 Å². The van der Waals surface area contributed by atoms with E-state index in [-0.39, 0.29) is 5.54 Å². The molecule has 0 spiro atoms. The zero-order chi connectivity index (χ0) is 13.4. The van der Waals surface area contributed by atoms with E-state index in [1.807, 2.05) is 0 Å². The summed E-state index contributed by atoms with van der Waals surface area (Å²) in [7, 11) is 0. The lowest BCUT2D eigenvalue weighted by atomic mass is 10.0. The van der Waals surface area contributed by atoms with E-state index in [4.69, 9.17) is 4.74 Å². The van der Waals surface area contributed by atoms with Gasteiger partial charge in [0.05, 0.1) is 0 Å². The van der Waals surface area contributed by atoms with Crippen molar-refractivity contribution < 1.29 is 4.74 Å². The van der Waals surface area contributed by atoms with Gasteiger partial charge in [-0.05, 0) is 44.4 Å². The van der Waals surface area contributed by atoms with E-state index in [2.05, 4.69) is 57.3 Å². The quantitative estimate of drug-likeness (QED) is 0.708. The molecule has 0 aliphatic heterocycles. The van der Waals surface area contributed by atoms with Crippen molar-refractivity contribution in [3.05, 3.63) is 29.8 Å². The number of hydrogen-bond acceptors (Lipinski definition) is 2. The highest BCUT2D eigenvalue weighted by molar-refractivity contribution is 5.27. The molecule has 0 heterocycles. The van der Waals surface area contributed by atoms with E-state index in [1.54, 1.807) is 0 Å². The molecule has 2 heteroatoms. The van der Waals surface area contributed by atoms with Gasteiger partial charge in [-0.3, -0.25) is 0 Å². The van der Waals surface area contributed by atoms with Crippen LogP contribution in [0.1, 0.15) is 46.1 Å². The van der Waals surface area contributed by atoms with Gasteiger partial charge in [-0.1, -0.05) is 32.4 Å². The van der Waals surface area contributed by atoms with Crippen LogP contribution in [0.4, 0.5) is 0 Å². The van der Waals surface area contributed by atoms with Gasteiger partial charge in [-0.2, -0.15) is 0 Å². The van der Waals surface area contributed by atoms with Crippen LogP contribution in [0.5, 0.6) is 5.75 Å². The summed E-state index contributed by atoms with van der Waals surface area (Å²) in [5.74, 6) is 0.964. The van der Waals surface area contributed by atoms with Gasteiger partial charge in [0, 0.05) is 12.1 Å². The Labute approximate surface area is 112 Å². The summed E-state index contributed by atoms with van der Waals surface area (Å²) < 4.78 is 5.72. The molecule has 0 fully saturated rings. The minimum Gasteiger partial charge on any atom is -0.492 e. The van der Waals surface area contributed by atoms with Crippen LogP contribution in [0.15, 0.2) is 24.3 Å². The molecule has 0 amide bonds. The molecule has 0 aliphatic carbocycles. The average molecular weight is 249 g/mol. The summed E-state index contributed by atoms with van der Waals surface area (Å²) in [4.78, 5) is 0. The van der Waals surface area contributed by atoms with Crippen LogP contribution in [0.25, 0.3) is 0 Å². The Morgan fingerprint density at radius 3 is 2.33 bits per heavy atom. The topological polar surface area (TPSA) is 21.3 Å². The molecule has 0 saturated carbocycles. The Morgan fingerprint density at radius 2 is 1.78 bits per heavy atom. The van der Waals surface area contributed by atoms with Crippen LogP contribution in [0.3, 0.4) is 0 Å². The highest BCUT2D eigenvalue weighted by Crippen LogP contribution is 2.13. The molecule has 1 aromatic rings. The fraction of sp³-hybridized carbons (Fsp3) is 0.625. The molecule has 18 heavy (non-hydrogen) atoms. The van der Waals surface area contributed by atoms with Crippen LogP contribution >= 0.6 is 0 Å². The second kappa shape index (κ2) is 7.42. The smallest absolute Gasteiger partial charge is 0.119 e. The van der Waals surface area contributed by atoms with E-state index >= 15 is 0 Å². The van der Waals surface area contributed by atoms with Gasteiger partial charge in [0.2, 0.25) is 0 Å². The molecule has 0 aliphatic rings. The number of benzene rings is 1. The maximum atomic E-state index is 5.72. The fourth-order valence-corrected chi connectivity index (χ4v) is 1.72. The second-order valence-corrected chi connectivity index (χ2v) is 5.41. The number of aryl methyl sites for hydroxylation is 1. The van der Waals surface area contributed by atoms with Crippen LogP contribution in [-0.4, -0.2) is 18.7 Å². The maximum absolute atomic E-state index is 5.72. The zero-order valence-electron chi connectivity index (χ0n) is 12.3. The Kier molecular flexibility index (Phi) is 6.20. The Bertz CT molecular complexity index is 329. The monoisotopic (exact) mass is 249 g/mol. The fourth-order valence-electron chi connectivity index (χ4n) is 1.72. The van der Waals surface area contributed by atoms with Crippen LogP contribution in [-0.2, 0) is 6.42 Å². The summed E-state index contributed by atoms with van der Waals surface area (Å²) in [6.07, 6.45) is 3.46. The molecule has 1 rings (SSSR count). The van der Waals surface area contributed by atoms with Crippen LogP contribution in [0, 0.1) is 0 Å². The van der Waals surface area contributed by atoms with Crippen LogP contribution < -0.4 is 10.1 Å². The van der Waals surface area contributed by atoms with Crippen molar-refractivity contribution in [2.24, 2.45) is 0 Å². The molecule has 2 nitrogen and oxygen atoms in total. The molecule has 1 N–H and O–H groups in total. The van der Waals surface area contributed by atoms with Crippen molar-refractivity contribution in [1.29, 1.82) is 0 Å². The molecule has 0 bridgehead atoms. The van der Waals surface area contributed by atoms with Gasteiger partial charge in [0.1, 0.15) is 12.4 Å². The SMILES string of the molecule is CCCc1ccc(OCCNC(C)(C)CC)cc1. The van der Waals surface area contributed by atoms with Gasteiger partial charge in [0.15, 0.2) is 0 Å². The van der Waals surface area contributed by atoms with E-state index in [9.17, 15) is 0 Å². The lowest BCUT2D eigenvalue weighted by molar-refractivity contribution is 0.281. The molecule has 102 valence electrons. The molecule has 0 radical (unpaired) electrons. The normalized spacial score (nSPS) is 11.6. The molecule has 0 atom stereocenters. The summed E-state index contributed by atoms with van der Waals surface area (Å²) >= 11 is 0. The van der Waals surface area contributed by atoms with E-state index < -0.39 is 0 Å². The average Bonchev–Trinajstić information content (AvgIpc) is 2.37. The first-order valence-electron chi connectivity index (χ1n) is 7.04. The first kappa shape index (κ1) is 15.0. The third-order valence-electron chi connectivity index (χ3n) is 3.32. The van der Waals surface area contributed by atoms with Crippen molar-refractivity contribution in [3.63, 3.8) is 0 Å².